The molecule has 0 saturated heterocycles. The zero-order valence-corrected chi connectivity index (χ0v) is 5.33. The van der Waals surface area contributed by atoms with Crippen LogP contribution in [0.3, 0.4) is 0 Å². The average Bonchev–Trinajstić information content (AvgIpc) is 2.14. The van der Waals surface area contributed by atoms with Gasteiger partial charge >= 0.3 is 6.01 Å². The van der Waals surface area contributed by atoms with E-state index in [-0.39, 0.29) is 6.01 Å². The molecule has 0 saturated carbocycles. The van der Waals surface area contributed by atoms with E-state index in [2.05, 4.69) is 14.7 Å². The van der Waals surface area contributed by atoms with Gasteiger partial charge in [-0.25, -0.2) is 0 Å². The average molecular weight is 128 g/mol. The van der Waals surface area contributed by atoms with Crippen molar-refractivity contribution < 1.29 is 4.52 Å². The number of aromatic nitrogens is 2. The second kappa shape index (κ2) is 1.93. The standard InChI is InChI=1S/C4H8N4O/c1-8(2)4-6-3(5)9-7-4/h1-2H3,(H2,5,6,7). The lowest BCUT2D eigenvalue weighted by Gasteiger charge is -2.01. The van der Waals surface area contributed by atoms with Crippen LogP contribution in [0.1, 0.15) is 0 Å². The molecule has 0 aliphatic carbocycles. The molecule has 5 nitrogen and oxygen atoms in total. The first-order chi connectivity index (χ1) is 4.20. The molecule has 1 heterocycles. The molecule has 0 bridgehead atoms. The molecular weight excluding hydrogens is 120 g/mol. The van der Waals surface area contributed by atoms with Crippen molar-refractivity contribution >= 4 is 12.0 Å². The third-order valence-corrected chi connectivity index (χ3v) is 0.831. The fraction of sp³-hybridized carbons (Fsp3) is 0.500. The molecule has 1 aromatic heterocycles. The van der Waals surface area contributed by atoms with Crippen molar-refractivity contribution in [3.8, 4) is 0 Å². The quantitative estimate of drug-likeness (QED) is 0.563. The predicted molar refractivity (Wildman–Crippen MR) is 33.0 cm³/mol. The van der Waals surface area contributed by atoms with Crippen molar-refractivity contribution in [2.45, 2.75) is 0 Å². The molecule has 0 fully saturated rings. The van der Waals surface area contributed by atoms with Crippen molar-refractivity contribution in [3.63, 3.8) is 0 Å². The van der Waals surface area contributed by atoms with Crippen molar-refractivity contribution in [2.24, 2.45) is 0 Å². The predicted octanol–water partition coefficient (Wildman–Crippen LogP) is -0.282. The van der Waals surface area contributed by atoms with Crippen LogP contribution in [0, 0.1) is 0 Å². The summed E-state index contributed by atoms with van der Waals surface area (Å²) in [7, 11) is 3.62. The molecule has 0 spiro atoms. The lowest BCUT2D eigenvalue weighted by atomic mass is 10.8. The smallest absolute Gasteiger partial charge is 0.320 e. The van der Waals surface area contributed by atoms with Gasteiger partial charge in [0, 0.05) is 14.1 Å². The van der Waals surface area contributed by atoms with Crippen LogP contribution in [-0.2, 0) is 0 Å². The number of hydrogen-bond donors (Lipinski definition) is 1. The van der Waals surface area contributed by atoms with Crippen molar-refractivity contribution in [3.05, 3.63) is 0 Å². The normalized spacial score (nSPS) is 9.56. The van der Waals surface area contributed by atoms with E-state index in [0.717, 1.165) is 0 Å². The van der Waals surface area contributed by atoms with E-state index in [1.807, 2.05) is 14.1 Å². The van der Waals surface area contributed by atoms with Crippen LogP contribution in [0.25, 0.3) is 0 Å². The summed E-state index contributed by atoms with van der Waals surface area (Å²) >= 11 is 0. The Morgan fingerprint density at radius 1 is 1.56 bits per heavy atom. The highest BCUT2D eigenvalue weighted by Gasteiger charge is 2.01. The zero-order chi connectivity index (χ0) is 6.85. The Balaban J connectivity index is 2.85. The molecule has 0 aliphatic heterocycles. The first-order valence-corrected chi connectivity index (χ1v) is 2.46. The Morgan fingerprint density at radius 2 is 2.22 bits per heavy atom. The van der Waals surface area contributed by atoms with Gasteiger partial charge in [-0.1, -0.05) is 0 Å². The molecule has 0 aromatic carbocycles. The molecule has 0 atom stereocenters. The Kier molecular flexibility index (Phi) is 1.26. The molecule has 1 rings (SSSR count). The Bertz CT molecular complexity index is 194. The molecule has 1 aromatic rings. The maximum absolute atomic E-state index is 5.15. The highest BCUT2D eigenvalue weighted by atomic mass is 16.5. The summed E-state index contributed by atoms with van der Waals surface area (Å²) in [5, 5.41) is 3.53. The first-order valence-electron chi connectivity index (χ1n) is 2.46. The fourth-order valence-corrected chi connectivity index (χ4v) is 0.409. The monoisotopic (exact) mass is 128 g/mol. The first kappa shape index (κ1) is 5.87. The minimum absolute atomic E-state index is 0.0960. The third-order valence-electron chi connectivity index (χ3n) is 0.831. The molecule has 0 aliphatic rings. The van der Waals surface area contributed by atoms with Crippen LogP contribution in [-0.4, -0.2) is 24.2 Å². The molecule has 0 radical (unpaired) electrons. The third kappa shape index (κ3) is 1.10. The van der Waals surface area contributed by atoms with E-state index in [0.29, 0.717) is 5.95 Å². The second-order valence-electron chi connectivity index (χ2n) is 1.83. The zero-order valence-electron chi connectivity index (χ0n) is 5.33. The van der Waals surface area contributed by atoms with E-state index in [4.69, 9.17) is 5.73 Å². The van der Waals surface area contributed by atoms with Crippen molar-refractivity contribution in [1.82, 2.24) is 10.1 Å². The van der Waals surface area contributed by atoms with Crippen LogP contribution in [0.4, 0.5) is 12.0 Å². The van der Waals surface area contributed by atoms with Gasteiger partial charge in [0.2, 0.25) is 0 Å². The van der Waals surface area contributed by atoms with Gasteiger partial charge in [0.05, 0.1) is 0 Å². The number of anilines is 2. The van der Waals surface area contributed by atoms with E-state index in [9.17, 15) is 0 Å². The SMILES string of the molecule is CN(C)c1noc(N)n1. The molecule has 0 amide bonds. The summed E-state index contributed by atoms with van der Waals surface area (Å²) in [6.45, 7) is 0. The summed E-state index contributed by atoms with van der Waals surface area (Å²) in [5.74, 6) is 0.493. The Hall–Kier alpha value is -1.26. The Labute approximate surface area is 52.4 Å². The number of rotatable bonds is 1. The summed E-state index contributed by atoms with van der Waals surface area (Å²) in [6, 6.07) is 0.0960. The van der Waals surface area contributed by atoms with Crippen molar-refractivity contribution in [2.75, 3.05) is 24.7 Å². The molecule has 5 heteroatoms. The maximum Gasteiger partial charge on any atom is 0.320 e. The number of hydrogen-bond acceptors (Lipinski definition) is 5. The van der Waals surface area contributed by atoms with Gasteiger partial charge in [0.15, 0.2) is 0 Å². The lowest BCUT2D eigenvalue weighted by molar-refractivity contribution is 0.435. The van der Waals surface area contributed by atoms with Crippen LogP contribution >= 0.6 is 0 Å². The van der Waals surface area contributed by atoms with Crippen LogP contribution < -0.4 is 10.6 Å². The van der Waals surface area contributed by atoms with Gasteiger partial charge < -0.3 is 15.2 Å². The Morgan fingerprint density at radius 3 is 2.44 bits per heavy atom. The summed E-state index contributed by atoms with van der Waals surface area (Å²) in [6.07, 6.45) is 0. The summed E-state index contributed by atoms with van der Waals surface area (Å²) in [5.41, 5.74) is 5.15. The van der Waals surface area contributed by atoms with Gasteiger partial charge in [0.25, 0.3) is 5.95 Å². The molecule has 9 heavy (non-hydrogen) atoms. The van der Waals surface area contributed by atoms with Gasteiger partial charge in [-0.3, -0.25) is 0 Å². The van der Waals surface area contributed by atoms with E-state index in [1.165, 1.54) is 0 Å². The van der Waals surface area contributed by atoms with Gasteiger partial charge in [-0.05, 0) is 5.16 Å². The number of nitrogen functional groups attached to an aromatic ring is 1. The van der Waals surface area contributed by atoms with E-state index < -0.39 is 0 Å². The largest absolute Gasteiger partial charge is 0.351 e. The molecular formula is C4H8N4O. The van der Waals surface area contributed by atoms with Gasteiger partial charge in [0.1, 0.15) is 0 Å². The van der Waals surface area contributed by atoms with E-state index in [1.54, 1.807) is 4.90 Å². The second-order valence-corrected chi connectivity index (χ2v) is 1.83. The minimum Gasteiger partial charge on any atom is -0.351 e. The maximum atomic E-state index is 5.15. The van der Waals surface area contributed by atoms with E-state index >= 15 is 0 Å². The highest BCUT2D eigenvalue weighted by molar-refractivity contribution is 5.28. The lowest BCUT2D eigenvalue weighted by Crippen LogP contribution is -2.10. The summed E-state index contributed by atoms with van der Waals surface area (Å²) in [4.78, 5) is 5.44. The topological polar surface area (TPSA) is 68.2 Å². The fourth-order valence-electron chi connectivity index (χ4n) is 0.409. The van der Waals surface area contributed by atoms with Gasteiger partial charge in [-0.15, -0.1) is 0 Å². The number of nitrogens with two attached hydrogens (primary N) is 1. The molecule has 0 unspecified atom stereocenters. The van der Waals surface area contributed by atoms with Gasteiger partial charge in [-0.2, -0.15) is 4.98 Å². The van der Waals surface area contributed by atoms with Crippen LogP contribution in [0.5, 0.6) is 0 Å². The van der Waals surface area contributed by atoms with Crippen LogP contribution in [0.15, 0.2) is 4.52 Å². The highest BCUT2D eigenvalue weighted by Crippen LogP contribution is 2.04. The molecule has 50 valence electrons. The minimum atomic E-state index is 0.0960. The number of nitrogens with zero attached hydrogens (tertiary/aromatic N) is 3. The van der Waals surface area contributed by atoms with Crippen molar-refractivity contribution in [1.29, 1.82) is 0 Å². The molecule has 2 N–H and O–H groups in total. The van der Waals surface area contributed by atoms with Crippen LogP contribution in [0.2, 0.25) is 0 Å². The summed E-state index contributed by atoms with van der Waals surface area (Å²) < 4.78 is 4.50.